The molecule has 0 aliphatic heterocycles. The number of ether oxygens (including phenoxy) is 1. The molecule has 0 bridgehead atoms. The van der Waals surface area contributed by atoms with Crippen LogP contribution >= 0.6 is 7.82 Å². The molecule has 87 heavy (non-hydrogen) atoms. The Hall–Kier alpha value is -3.07. The maximum Gasteiger partial charge on any atom is 0.306 e. The molecule has 10 heteroatoms. The lowest BCUT2D eigenvalue weighted by Crippen LogP contribution is -2.47. The van der Waals surface area contributed by atoms with Crippen LogP contribution in [0.3, 0.4) is 0 Å². The van der Waals surface area contributed by atoms with E-state index < -0.39 is 26.6 Å². The van der Waals surface area contributed by atoms with E-state index in [1.807, 2.05) is 33.3 Å². The monoisotopic (exact) mass is 1240 g/mol. The smallest absolute Gasteiger partial charge is 0.306 e. The molecule has 3 atom stereocenters. The van der Waals surface area contributed by atoms with Crippen molar-refractivity contribution in [1.82, 2.24) is 5.32 Å². The number of allylic oxidation sites excluding steroid dienone is 15. The zero-order chi connectivity index (χ0) is 63.5. The van der Waals surface area contributed by atoms with Gasteiger partial charge in [-0.2, -0.15) is 0 Å². The van der Waals surface area contributed by atoms with E-state index in [2.05, 4.69) is 111 Å². The summed E-state index contributed by atoms with van der Waals surface area (Å²) in [7, 11) is 1.18. The number of rotatable bonds is 66. The maximum atomic E-state index is 13.6. The first-order valence-electron chi connectivity index (χ1n) is 36.5. The van der Waals surface area contributed by atoms with Crippen LogP contribution in [0.2, 0.25) is 0 Å². The van der Waals surface area contributed by atoms with Crippen LogP contribution in [0, 0.1) is 0 Å². The summed E-state index contributed by atoms with van der Waals surface area (Å²) in [5.41, 5.74) is 0. The number of hydrogen-bond acceptors (Lipinski definition) is 7. The Kier molecular flexibility index (Phi) is 63.5. The third-order valence-corrected chi connectivity index (χ3v) is 17.0. The predicted molar refractivity (Wildman–Crippen MR) is 376 cm³/mol. The molecular formula is C77H139N2O7P. The Balaban J connectivity index is 5.09. The van der Waals surface area contributed by atoms with Crippen molar-refractivity contribution in [2.75, 3.05) is 40.9 Å². The lowest BCUT2D eigenvalue weighted by molar-refractivity contribution is -0.870. The molecule has 3 unspecified atom stereocenters. The molecule has 0 aromatic rings. The second-order valence-corrected chi connectivity index (χ2v) is 27.1. The van der Waals surface area contributed by atoms with Gasteiger partial charge >= 0.3 is 5.97 Å². The van der Waals surface area contributed by atoms with E-state index in [0.29, 0.717) is 17.4 Å². The van der Waals surface area contributed by atoms with Crippen molar-refractivity contribution in [2.24, 2.45) is 0 Å². The second kappa shape index (κ2) is 65.9. The van der Waals surface area contributed by atoms with Gasteiger partial charge in [0.2, 0.25) is 5.91 Å². The molecule has 1 amide bonds. The van der Waals surface area contributed by atoms with Gasteiger partial charge in [0.1, 0.15) is 19.3 Å². The van der Waals surface area contributed by atoms with Crippen LogP contribution in [0.4, 0.5) is 0 Å². The molecular weight excluding hydrogens is 1100 g/mol. The summed E-state index contributed by atoms with van der Waals surface area (Å²) in [6, 6.07) is -0.898. The largest absolute Gasteiger partial charge is 0.756 e. The quantitative estimate of drug-likeness (QED) is 0.0212. The third-order valence-electron chi connectivity index (χ3n) is 16.0. The van der Waals surface area contributed by atoms with Crippen molar-refractivity contribution in [3.05, 3.63) is 97.2 Å². The zero-order valence-corrected chi connectivity index (χ0v) is 58.6. The number of hydrogen-bond donors (Lipinski definition) is 1. The Labute approximate surface area is 538 Å². The molecule has 0 aliphatic carbocycles. The molecule has 0 aromatic carbocycles. The first-order valence-corrected chi connectivity index (χ1v) is 38.0. The summed E-state index contributed by atoms with van der Waals surface area (Å²) >= 11 is 0. The lowest BCUT2D eigenvalue weighted by Gasteiger charge is -2.30. The minimum atomic E-state index is -4.71. The number of likely N-dealkylation sites (N-methyl/N-ethyl adjacent to an activating group) is 1. The summed E-state index contributed by atoms with van der Waals surface area (Å²) in [6.07, 6.45) is 89.5. The number of carbonyl (C=O) groups is 2. The van der Waals surface area contributed by atoms with Gasteiger partial charge in [-0.15, -0.1) is 0 Å². The summed E-state index contributed by atoms with van der Waals surface area (Å²) < 4.78 is 30.5. The first-order chi connectivity index (χ1) is 42.4. The lowest BCUT2D eigenvalue weighted by atomic mass is 10.0. The number of phosphoric ester groups is 1. The zero-order valence-electron chi connectivity index (χ0n) is 57.7. The fourth-order valence-electron chi connectivity index (χ4n) is 10.4. The molecule has 1 N–H and O–H groups in total. The Morgan fingerprint density at radius 1 is 0.414 bits per heavy atom. The van der Waals surface area contributed by atoms with Crippen LogP contribution in [-0.2, 0) is 27.9 Å². The number of esters is 1. The van der Waals surface area contributed by atoms with Gasteiger partial charge in [-0.05, 0) is 109 Å². The highest BCUT2D eigenvalue weighted by atomic mass is 31.2. The summed E-state index contributed by atoms with van der Waals surface area (Å²) in [4.78, 5) is 40.3. The van der Waals surface area contributed by atoms with Crippen molar-refractivity contribution in [3.63, 3.8) is 0 Å². The standard InChI is InChI=1S/C77H139N2O7P/c1-7-10-13-16-19-22-25-28-30-32-34-36-38-39-41-42-44-46-48-51-54-57-60-63-66-69-76(80)78-74(73-85-87(82,83)84-72-71-79(4,5)6)75(68-65-62-59-56-53-50-27-24-21-18-15-12-9-3)86-77(81)70-67-64-61-58-55-52-49-47-45-43-40-37-35-33-31-29-26-23-20-17-14-11-8-2/h10,13,19-20,22-23,28-31,34,36,39,41,65,68,74-75H,7-9,11-12,14-18,21,24-27,32-33,35,37-38,40,42-64,66-67,69-73H2,1-6H3,(H-,78,80,82,83)/b13-10-,22-19-,23-20-,30-28-,31-29-,36-34-,41-39-,68-65+. The maximum absolute atomic E-state index is 13.6. The van der Waals surface area contributed by atoms with Gasteiger partial charge in [0, 0.05) is 12.8 Å². The van der Waals surface area contributed by atoms with Crippen LogP contribution < -0.4 is 10.2 Å². The van der Waals surface area contributed by atoms with E-state index in [-0.39, 0.29) is 24.9 Å². The summed E-state index contributed by atoms with van der Waals surface area (Å²) in [6.45, 7) is 6.73. The molecule has 0 saturated heterocycles. The van der Waals surface area contributed by atoms with Gasteiger partial charge < -0.3 is 28.5 Å². The van der Waals surface area contributed by atoms with Crippen LogP contribution in [0.25, 0.3) is 0 Å². The molecule has 504 valence electrons. The number of unbranched alkanes of at least 4 members (excludes halogenated alkanes) is 36. The van der Waals surface area contributed by atoms with Crippen molar-refractivity contribution in [3.8, 4) is 0 Å². The van der Waals surface area contributed by atoms with E-state index >= 15 is 0 Å². The molecule has 0 fully saturated rings. The highest BCUT2D eigenvalue weighted by Gasteiger charge is 2.27. The van der Waals surface area contributed by atoms with Gasteiger partial charge in [-0.25, -0.2) is 0 Å². The minimum Gasteiger partial charge on any atom is -0.756 e. The molecule has 0 aromatic heterocycles. The number of quaternary nitrogens is 1. The molecule has 0 saturated carbocycles. The third kappa shape index (κ3) is 67.2. The first kappa shape index (κ1) is 83.9. The molecule has 0 radical (unpaired) electrons. The van der Waals surface area contributed by atoms with Gasteiger partial charge in [-0.3, -0.25) is 14.2 Å². The highest BCUT2D eigenvalue weighted by Crippen LogP contribution is 2.38. The topological polar surface area (TPSA) is 114 Å². The molecule has 0 aliphatic rings. The molecule has 9 nitrogen and oxygen atoms in total. The van der Waals surface area contributed by atoms with Gasteiger partial charge in [-0.1, -0.05) is 305 Å². The number of phosphoric acid groups is 1. The fraction of sp³-hybridized carbons (Fsp3) is 0.766. The fourth-order valence-corrected chi connectivity index (χ4v) is 11.1. The average Bonchev–Trinajstić information content (AvgIpc) is 3.70. The van der Waals surface area contributed by atoms with Crippen molar-refractivity contribution in [2.45, 2.75) is 341 Å². The summed E-state index contributed by atoms with van der Waals surface area (Å²) in [5, 5.41) is 3.05. The van der Waals surface area contributed by atoms with Crippen LogP contribution in [-0.4, -0.2) is 69.4 Å². The predicted octanol–water partition coefficient (Wildman–Crippen LogP) is 22.8. The summed E-state index contributed by atoms with van der Waals surface area (Å²) in [5.74, 6) is -0.542. The number of carbonyl (C=O) groups excluding carboxylic acids is 2. The van der Waals surface area contributed by atoms with Crippen molar-refractivity contribution < 1.29 is 37.3 Å². The van der Waals surface area contributed by atoms with Crippen molar-refractivity contribution >= 4 is 19.7 Å². The molecule has 0 spiro atoms. The van der Waals surface area contributed by atoms with Crippen LogP contribution in [0.15, 0.2) is 97.2 Å². The Bertz CT molecular complexity index is 1810. The number of nitrogens with zero attached hydrogens (tertiary/aromatic N) is 1. The van der Waals surface area contributed by atoms with E-state index in [0.717, 1.165) is 109 Å². The average molecular weight is 1240 g/mol. The van der Waals surface area contributed by atoms with Gasteiger partial charge in [0.15, 0.2) is 0 Å². The van der Waals surface area contributed by atoms with E-state index in [4.69, 9.17) is 13.8 Å². The normalized spacial score (nSPS) is 14.1. The highest BCUT2D eigenvalue weighted by molar-refractivity contribution is 7.45. The van der Waals surface area contributed by atoms with Gasteiger partial charge in [0.25, 0.3) is 7.82 Å². The van der Waals surface area contributed by atoms with E-state index in [9.17, 15) is 19.0 Å². The van der Waals surface area contributed by atoms with E-state index in [1.165, 1.54) is 186 Å². The van der Waals surface area contributed by atoms with Gasteiger partial charge in [0.05, 0.1) is 33.8 Å². The second-order valence-electron chi connectivity index (χ2n) is 25.7. The number of nitrogens with one attached hydrogen (secondary N) is 1. The van der Waals surface area contributed by atoms with Crippen molar-refractivity contribution in [1.29, 1.82) is 0 Å². The Morgan fingerprint density at radius 3 is 1.13 bits per heavy atom. The molecule has 0 heterocycles. The van der Waals surface area contributed by atoms with E-state index in [1.54, 1.807) is 0 Å². The Morgan fingerprint density at radius 2 is 0.736 bits per heavy atom. The SMILES string of the molecule is CC/C=C\C/C=C\C/C=C\C/C=C\C/C=C\CCCCCCCCCCCC(=O)NC(COP(=O)([O-])OCC[N+](C)(C)C)C(/C=C/CCCCCCCCCCCCC)OC(=O)CCCCCCCCCCCCCCC/C=C\C/C=C\CCCCC. The molecule has 0 rings (SSSR count). The van der Waals surface area contributed by atoms with Crippen LogP contribution in [0.5, 0.6) is 0 Å². The van der Waals surface area contributed by atoms with Crippen LogP contribution in [0.1, 0.15) is 329 Å². The minimum absolute atomic E-state index is 0.0266. The number of amides is 1.